The van der Waals surface area contributed by atoms with Crippen LogP contribution in [-0.2, 0) is 0 Å². The summed E-state index contributed by atoms with van der Waals surface area (Å²) >= 11 is 0. The molecule has 1 atom stereocenters. The third kappa shape index (κ3) is 2.85. The highest BCUT2D eigenvalue weighted by molar-refractivity contribution is 6.06. The minimum atomic E-state index is 0.0131. The number of anilines is 1. The summed E-state index contributed by atoms with van der Waals surface area (Å²) in [6, 6.07) is 15.6. The summed E-state index contributed by atoms with van der Waals surface area (Å²) in [5.74, 6) is 0.478. The third-order valence-electron chi connectivity index (χ3n) is 4.62. The Balaban J connectivity index is 2.01. The standard InChI is InChI=1S/C20H20N2O/c1-14-6-5-11-22(19-8-4-3-7-18(14)19)20(23)16-9-10-17(13-21)15(2)12-16/h3-4,7-10,12,14H,5-6,11H2,1-2H3. The average Bonchev–Trinajstić information content (AvgIpc) is 2.74. The Bertz CT molecular complexity index is 788. The number of nitriles is 1. The van der Waals surface area contributed by atoms with Gasteiger partial charge in [-0.3, -0.25) is 4.79 Å². The third-order valence-corrected chi connectivity index (χ3v) is 4.62. The fraction of sp³-hybridized carbons (Fsp3) is 0.300. The summed E-state index contributed by atoms with van der Waals surface area (Å²) in [6.45, 7) is 4.83. The van der Waals surface area contributed by atoms with E-state index in [-0.39, 0.29) is 5.91 Å². The highest BCUT2D eigenvalue weighted by Crippen LogP contribution is 2.34. The number of benzene rings is 2. The lowest BCUT2D eigenvalue weighted by molar-refractivity contribution is 0.0987. The molecule has 0 aromatic heterocycles. The number of amides is 1. The van der Waals surface area contributed by atoms with E-state index in [0.717, 1.165) is 30.6 Å². The number of nitrogens with zero attached hydrogens (tertiary/aromatic N) is 2. The number of aryl methyl sites for hydroxylation is 1. The van der Waals surface area contributed by atoms with E-state index in [1.807, 2.05) is 36.1 Å². The van der Waals surface area contributed by atoms with Crippen molar-refractivity contribution in [2.45, 2.75) is 32.6 Å². The van der Waals surface area contributed by atoms with Gasteiger partial charge in [-0.1, -0.05) is 25.1 Å². The van der Waals surface area contributed by atoms with Crippen LogP contribution in [0.5, 0.6) is 0 Å². The maximum atomic E-state index is 13.0. The van der Waals surface area contributed by atoms with Gasteiger partial charge in [-0.15, -0.1) is 0 Å². The Kier molecular flexibility index (Phi) is 4.16. The van der Waals surface area contributed by atoms with Gasteiger partial charge >= 0.3 is 0 Å². The fourth-order valence-electron chi connectivity index (χ4n) is 3.27. The molecule has 0 aliphatic carbocycles. The van der Waals surface area contributed by atoms with Gasteiger partial charge in [0.1, 0.15) is 0 Å². The maximum absolute atomic E-state index is 13.0. The van der Waals surface area contributed by atoms with Crippen LogP contribution in [0.25, 0.3) is 0 Å². The topological polar surface area (TPSA) is 44.1 Å². The lowest BCUT2D eigenvalue weighted by Crippen LogP contribution is -2.31. The molecule has 2 aromatic rings. The zero-order valence-corrected chi connectivity index (χ0v) is 13.5. The summed E-state index contributed by atoms with van der Waals surface area (Å²) in [6.07, 6.45) is 2.09. The number of para-hydroxylation sites is 1. The largest absolute Gasteiger partial charge is 0.308 e. The average molecular weight is 304 g/mol. The van der Waals surface area contributed by atoms with E-state index in [4.69, 9.17) is 5.26 Å². The minimum absolute atomic E-state index is 0.0131. The maximum Gasteiger partial charge on any atom is 0.258 e. The molecule has 0 saturated heterocycles. The Morgan fingerprint density at radius 2 is 2.04 bits per heavy atom. The molecule has 0 spiro atoms. The number of carbonyl (C=O) groups excluding carboxylic acids is 1. The number of hydrogen-bond donors (Lipinski definition) is 0. The molecule has 1 aliphatic heterocycles. The first kappa shape index (κ1) is 15.3. The van der Waals surface area contributed by atoms with E-state index in [0.29, 0.717) is 17.0 Å². The molecule has 0 N–H and O–H groups in total. The normalized spacial score (nSPS) is 17.1. The van der Waals surface area contributed by atoms with Crippen LogP contribution in [0.3, 0.4) is 0 Å². The molecule has 3 nitrogen and oxygen atoms in total. The first-order chi connectivity index (χ1) is 11.1. The molecule has 0 fully saturated rings. The molecule has 116 valence electrons. The van der Waals surface area contributed by atoms with Crippen molar-refractivity contribution in [1.82, 2.24) is 0 Å². The molecule has 0 saturated carbocycles. The first-order valence-corrected chi connectivity index (χ1v) is 8.03. The summed E-state index contributed by atoms with van der Waals surface area (Å²) in [5, 5.41) is 9.05. The van der Waals surface area contributed by atoms with Gasteiger partial charge in [-0.2, -0.15) is 5.26 Å². The zero-order chi connectivity index (χ0) is 16.4. The predicted molar refractivity (Wildman–Crippen MR) is 91.7 cm³/mol. The van der Waals surface area contributed by atoms with E-state index in [2.05, 4.69) is 19.1 Å². The molecule has 1 heterocycles. The molecule has 1 amide bonds. The van der Waals surface area contributed by atoms with Gasteiger partial charge < -0.3 is 4.90 Å². The number of carbonyl (C=O) groups is 1. The van der Waals surface area contributed by atoms with Crippen molar-refractivity contribution in [3.05, 3.63) is 64.7 Å². The van der Waals surface area contributed by atoms with Crippen molar-refractivity contribution >= 4 is 11.6 Å². The van der Waals surface area contributed by atoms with Gasteiger partial charge in [0.25, 0.3) is 5.91 Å². The highest BCUT2D eigenvalue weighted by atomic mass is 16.2. The lowest BCUT2D eigenvalue weighted by Gasteiger charge is -2.24. The van der Waals surface area contributed by atoms with Crippen molar-refractivity contribution < 1.29 is 4.79 Å². The fourth-order valence-corrected chi connectivity index (χ4v) is 3.27. The molecule has 3 heteroatoms. The van der Waals surface area contributed by atoms with E-state index >= 15 is 0 Å². The molecule has 0 bridgehead atoms. The first-order valence-electron chi connectivity index (χ1n) is 8.03. The van der Waals surface area contributed by atoms with Crippen LogP contribution in [0.4, 0.5) is 5.69 Å². The molecule has 3 rings (SSSR count). The van der Waals surface area contributed by atoms with Gasteiger partial charge in [0.05, 0.1) is 11.6 Å². The van der Waals surface area contributed by atoms with Crippen LogP contribution in [0.15, 0.2) is 42.5 Å². The molecular weight excluding hydrogens is 284 g/mol. The van der Waals surface area contributed by atoms with Crippen molar-refractivity contribution in [2.24, 2.45) is 0 Å². The minimum Gasteiger partial charge on any atom is -0.308 e. The Hall–Kier alpha value is -2.60. The van der Waals surface area contributed by atoms with E-state index in [9.17, 15) is 4.79 Å². The number of rotatable bonds is 1. The Morgan fingerprint density at radius 1 is 1.26 bits per heavy atom. The second-order valence-electron chi connectivity index (χ2n) is 6.20. The van der Waals surface area contributed by atoms with Gasteiger partial charge in [-0.25, -0.2) is 0 Å². The Labute approximate surface area is 137 Å². The van der Waals surface area contributed by atoms with E-state index in [1.165, 1.54) is 5.56 Å². The monoisotopic (exact) mass is 304 g/mol. The van der Waals surface area contributed by atoms with E-state index in [1.54, 1.807) is 12.1 Å². The molecule has 1 unspecified atom stereocenters. The summed E-state index contributed by atoms with van der Waals surface area (Å²) in [5.41, 5.74) is 4.36. The molecule has 0 radical (unpaired) electrons. The van der Waals surface area contributed by atoms with Crippen LogP contribution in [0.1, 0.15) is 52.7 Å². The van der Waals surface area contributed by atoms with Crippen molar-refractivity contribution in [3.63, 3.8) is 0 Å². The van der Waals surface area contributed by atoms with Gasteiger partial charge in [0.2, 0.25) is 0 Å². The summed E-state index contributed by atoms with van der Waals surface area (Å²) in [4.78, 5) is 14.9. The quantitative estimate of drug-likeness (QED) is 0.783. The number of hydrogen-bond acceptors (Lipinski definition) is 2. The lowest BCUT2D eigenvalue weighted by atomic mass is 9.96. The second-order valence-corrected chi connectivity index (χ2v) is 6.20. The molecule has 23 heavy (non-hydrogen) atoms. The summed E-state index contributed by atoms with van der Waals surface area (Å²) < 4.78 is 0. The molecule has 2 aromatic carbocycles. The zero-order valence-electron chi connectivity index (χ0n) is 13.5. The molecule has 1 aliphatic rings. The Morgan fingerprint density at radius 3 is 2.78 bits per heavy atom. The van der Waals surface area contributed by atoms with Gasteiger partial charge in [0.15, 0.2) is 0 Å². The van der Waals surface area contributed by atoms with Gasteiger partial charge in [0, 0.05) is 17.8 Å². The van der Waals surface area contributed by atoms with Crippen molar-refractivity contribution in [1.29, 1.82) is 5.26 Å². The van der Waals surface area contributed by atoms with Crippen LogP contribution in [0, 0.1) is 18.3 Å². The second kappa shape index (κ2) is 6.26. The number of fused-ring (bicyclic) bond motifs is 1. The highest BCUT2D eigenvalue weighted by Gasteiger charge is 2.25. The van der Waals surface area contributed by atoms with Crippen LogP contribution in [-0.4, -0.2) is 12.5 Å². The van der Waals surface area contributed by atoms with E-state index < -0.39 is 0 Å². The van der Waals surface area contributed by atoms with Crippen molar-refractivity contribution in [2.75, 3.05) is 11.4 Å². The van der Waals surface area contributed by atoms with Crippen LogP contribution < -0.4 is 4.90 Å². The van der Waals surface area contributed by atoms with Crippen LogP contribution >= 0.6 is 0 Å². The smallest absolute Gasteiger partial charge is 0.258 e. The van der Waals surface area contributed by atoms with Gasteiger partial charge in [-0.05, 0) is 61.1 Å². The van der Waals surface area contributed by atoms with Crippen LogP contribution in [0.2, 0.25) is 0 Å². The molecular formula is C20H20N2O. The summed E-state index contributed by atoms with van der Waals surface area (Å²) in [7, 11) is 0. The van der Waals surface area contributed by atoms with Crippen molar-refractivity contribution in [3.8, 4) is 6.07 Å². The SMILES string of the molecule is Cc1cc(C(=O)N2CCCC(C)c3ccccc32)ccc1C#N. The predicted octanol–water partition coefficient (Wildman–Crippen LogP) is 4.41.